The summed E-state index contributed by atoms with van der Waals surface area (Å²) < 4.78 is 48.3. The third-order valence-electron chi connectivity index (χ3n) is 8.09. The van der Waals surface area contributed by atoms with Gasteiger partial charge < -0.3 is 4.98 Å². The van der Waals surface area contributed by atoms with Crippen LogP contribution in [0.1, 0.15) is 16.8 Å². The summed E-state index contributed by atoms with van der Waals surface area (Å²) in [7, 11) is -4.26. The monoisotopic (exact) mass is 593 g/mol. The number of nitrogens with zero attached hydrogens (tertiary/aromatic N) is 4. The normalized spacial score (nSPS) is 19.9. The van der Waals surface area contributed by atoms with Gasteiger partial charge in [0.2, 0.25) is 0 Å². The van der Waals surface area contributed by atoms with Gasteiger partial charge in [-0.15, -0.1) is 0 Å². The lowest BCUT2D eigenvalue weighted by atomic mass is 9.85. The fraction of sp³-hybridized carbons (Fsp3) is 0.156. The third-order valence-corrected chi connectivity index (χ3v) is 9.38. The topological polar surface area (TPSA) is 137 Å². The van der Waals surface area contributed by atoms with Gasteiger partial charge in [0.1, 0.15) is 18.5 Å². The first-order chi connectivity index (χ1) is 20.7. The molecule has 43 heavy (non-hydrogen) atoms. The molecule has 2 unspecified atom stereocenters. The van der Waals surface area contributed by atoms with Crippen molar-refractivity contribution in [2.24, 2.45) is 25.9 Å². The van der Waals surface area contributed by atoms with E-state index in [1.165, 1.54) is 35.6 Å². The fourth-order valence-corrected chi connectivity index (χ4v) is 7.09. The van der Waals surface area contributed by atoms with Gasteiger partial charge in [-0.1, -0.05) is 48.6 Å². The summed E-state index contributed by atoms with van der Waals surface area (Å²) in [6, 6.07) is 14.7. The molecule has 0 radical (unpaired) electrons. The molecule has 2 aliphatic carbocycles. The van der Waals surface area contributed by atoms with Gasteiger partial charge in [0.25, 0.3) is 10.1 Å². The number of aliphatic imine (C=N–C) groups is 4. The number of hydrogen-bond donors (Lipinski definition) is 2. The average Bonchev–Trinajstić information content (AvgIpc) is 3.63. The largest absolute Gasteiger partial charge is 0.358 e. The second-order valence-corrected chi connectivity index (χ2v) is 12.3. The lowest BCUT2D eigenvalue weighted by Crippen LogP contribution is -2.38. The maximum atomic E-state index is 13.6. The van der Waals surface area contributed by atoms with Crippen molar-refractivity contribution in [3.8, 4) is 0 Å². The van der Waals surface area contributed by atoms with Crippen LogP contribution in [-0.4, -0.2) is 53.3 Å². The molecule has 0 spiro atoms. The number of allylic oxidation sites excluding steroid dienone is 2. The molecule has 8 rings (SSSR count). The van der Waals surface area contributed by atoms with Crippen LogP contribution in [0.25, 0.3) is 33.8 Å². The molecule has 4 aromatic rings. The summed E-state index contributed by atoms with van der Waals surface area (Å²) in [6.07, 6.45) is 12.3. The van der Waals surface area contributed by atoms with Crippen molar-refractivity contribution in [2.75, 3.05) is 0 Å². The molecule has 2 aliphatic heterocycles. The third kappa shape index (κ3) is 5.06. The molecule has 0 saturated heterocycles. The van der Waals surface area contributed by atoms with Crippen LogP contribution >= 0.6 is 0 Å². The quantitative estimate of drug-likeness (QED) is 0.353. The first-order valence-electron chi connectivity index (χ1n) is 13.7. The standard InChI is InChI=1S/C27H22FNO3S.C5H2N4O/c28-20-7-10-26-18(11-20)12-21(29-26)13-19-14-25-17(15-27(19)33(30,31)32)6-9-23-22-4-2-1-3-16(22)5-8-24(23)25;10-5-3-4(7-1-6-3)8-2-9-5/h1-2,4-12,14,19,27,29H,3,13,15H2,(H,30,31,32);1-2H. The zero-order valence-electron chi connectivity index (χ0n) is 22.6. The maximum absolute atomic E-state index is 13.6. The van der Waals surface area contributed by atoms with E-state index in [0.29, 0.717) is 12.3 Å². The highest BCUT2D eigenvalue weighted by atomic mass is 32.2. The van der Waals surface area contributed by atoms with Crippen molar-refractivity contribution >= 4 is 74.1 Å². The zero-order valence-corrected chi connectivity index (χ0v) is 23.4. The molecule has 0 fully saturated rings. The Hall–Kier alpha value is -4.87. The molecule has 1 amide bonds. The van der Waals surface area contributed by atoms with Crippen molar-refractivity contribution in [2.45, 2.75) is 24.5 Å². The van der Waals surface area contributed by atoms with Crippen LogP contribution in [0, 0.1) is 11.7 Å². The first-order valence-corrected chi connectivity index (χ1v) is 15.2. The van der Waals surface area contributed by atoms with Crippen LogP contribution < -0.4 is 10.4 Å². The molecule has 214 valence electrons. The van der Waals surface area contributed by atoms with E-state index in [1.807, 2.05) is 18.2 Å². The smallest absolute Gasteiger partial charge is 0.301 e. The van der Waals surface area contributed by atoms with Gasteiger partial charge in [0.15, 0.2) is 11.5 Å². The summed E-state index contributed by atoms with van der Waals surface area (Å²) in [5, 5.41) is 4.29. The molecule has 0 bridgehead atoms. The van der Waals surface area contributed by atoms with Crippen molar-refractivity contribution < 1.29 is 22.2 Å². The number of halogens is 1. The summed E-state index contributed by atoms with van der Waals surface area (Å²) >= 11 is 0. The number of carbonyl (C=O) groups excluding carboxylic acids is 1. The summed E-state index contributed by atoms with van der Waals surface area (Å²) in [5.41, 5.74) is 4.05. The molecule has 2 N–H and O–H groups in total. The predicted octanol–water partition coefficient (Wildman–Crippen LogP) is 3.24. The molecule has 4 aliphatic rings. The van der Waals surface area contributed by atoms with Crippen LogP contribution in [0.4, 0.5) is 4.39 Å². The SMILES string of the molecule is O=C1N=CN=C2N=CN=C12.O=S(=O)(O)C1Cc2ccc3c4c(ccc3c2=CC1Cc1cc2cc(F)ccc2[nH]1)CC=CC=4. The van der Waals surface area contributed by atoms with Gasteiger partial charge >= 0.3 is 5.91 Å². The first kappa shape index (κ1) is 27.0. The Bertz CT molecular complexity index is 2240. The van der Waals surface area contributed by atoms with Crippen molar-refractivity contribution in [3.63, 3.8) is 0 Å². The maximum Gasteiger partial charge on any atom is 0.301 e. The van der Waals surface area contributed by atoms with E-state index in [9.17, 15) is 22.2 Å². The number of nitrogens with one attached hydrogen (secondary N) is 1. The van der Waals surface area contributed by atoms with Gasteiger partial charge in [-0.2, -0.15) is 13.4 Å². The minimum atomic E-state index is -4.26. The Kier molecular flexibility index (Phi) is 6.55. The van der Waals surface area contributed by atoms with Crippen LogP contribution in [-0.2, 0) is 34.2 Å². The lowest BCUT2D eigenvalue weighted by molar-refractivity contribution is -0.111. The van der Waals surface area contributed by atoms with E-state index in [-0.39, 0.29) is 23.9 Å². The number of H-pyrrole nitrogens is 1. The Morgan fingerprint density at radius 1 is 0.953 bits per heavy atom. The number of benzene rings is 3. The van der Waals surface area contributed by atoms with Gasteiger partial charge in [-0.05, 0) is 75.9 Å². The number of aromatic amines is 1. The van der Waals surface area contributed by atoms with Crippen molar-refractivity contribution in [1.29, 1.82) is 0 Å². The van der Waals surface area contributed by atoms with E-state index < -0.39 is 21.3 Å². The molecule has 1 aromatic heterocycles. The Labute approximate surface area is 245 Å². The van der Waals surface area contributed by atoms with Gasteiger partial charge in [-0.25, -0.2) is 19.4 Å². The summed E-state index contributed by atoms with van der Waals surface area (Å²) in [6.45, 7) is 0. The molecule has 11 heteroatoms. The minimum Gasteiger partial charge on any atom is -0.358 e. The molecule has 2 atom stereocenters. The van der Waals surface area contributed by atoms with E-state index in [2.05, 4.69) is 61.4 Å². The van der Waals surface area contributed by atoms with Gasteiger partial charge in [0, 0.05) is 22.5 Å². The zero-order chi connectivity index (χ0) is 29.7. The summed E-state index contributed by atoms with van der Waals surface area (Å²) in [4.78, 5) is 28.6. The predicted molar refractivity (Wildman–Crippen MR) is 166 cm³/mol. The van der Waals surface area contributed by atoms with Crippen molar-refractivity contribution in [3.05, 3.63) is 93.8 Å². The van der Waals surface area contributed by atoms with E-state index in [1.54, 1.807) is 6.07 Å². The molecule has 3 aromatic carbocycles. The average molecular weight is 594 g/mol. The fourth-order valence-electron chi connectivity index (χ4n) is 6.09. The molecular formula is C32H24FN5O4S. The Balaban J connectivity index is 0.000000253. The molecule has 9 nitrogen and oxygen atoms in total. The minimum absolute atomic E-state index is 0.238. The highest BCUT2D eigenvalue weighted by Gasteiger charge is 2.34. The molecule has 0 saturated carbocycles. The number of rotatable bonds is 3. The number of amides is 1. The summed E-state index contributed by atoms with van der Waals surface area (Å²) in [5.74, 6) is -0.748. The van der Waals surface area contributed by atoms with Gasteiger partial charge in [0.05, 0.1) is 5.25 Å². The van der Waals surface area contributed by atoms with Gasteiger partial charge in [-0.3, -0.25) is 9.35 Å². The number of hydrogen-bond acceptors (Lipinski definition) is 6. The molecular weight excluding hydrogens is 569 g/mol. The number of aromatic nitrogens is 1. The number of amidine groups is 1. The number of carbonyl (C=O) groups is 1. The van der Waals surface area contributed by atoms with Crippen LogP contribution in [0.2, 0.25) is 0 Å². The highest BCUT2D eigenvalue weighted by Crippen LogP contribution is 2.28. The van der Waals surface area contributed by atoms with Crippen LogP contribution in [0.3, 0.4) is 0 Å². The Morgan fingerprint density at radius 3 is 2.56 bits per heavy atom. The van der Waals surface area contributed by atoms with Crippen LogP contribution in [0.15, 0.2) is 80.7 Å². The van der Waals surface area contributed by atoms with Crippen molar-refractivity contribution in [1.82, 2.24) is 4.98 Å². The highest BCUT2D eigenvalue weighted by molar-refractivity contribution is 7.86. The second-order valence-electron chi connectivity index (χ2n) is 10.7. The number of fused-ring (bicyclic) bond motifs is 7. The van der Waals surface area contributed by atoms with E-state index in [0.717, 1.165) is 44.6 Å². The van der Waals surface area contributed by atoms with E-state index in [4.69, 9.17) is 0 Å². The Morgan fingerprint density at radius 2 is 1.74 bits per heavy atom. The molecule has 3 heterocycles. The lowest BCUT2D eigenvalue weighted by Gasteiger charge is -2.27. The van der Waals surface area contributed by atoms with E-state index >= 15 is 0 Å². The second kappa shape index (κ2) is 10.4. The van der Waals surface area contributed by atoms with Crippen LogP contribution in [0.5, 0.6) is 0 Å².